The van der Waals surface area contributed by atoms with Gasteiger partial charge in [0.1, 0.15) is 5.75 Å². The maximum Gasteiger partial charge on any atom is 0.315 e. The predicted molar refractivity (Wildman–Crippen MR) is 81.2 cm³/mol. The fraction of sp³-hybridized carbons (Fsp3) is 0.533. The van der Waals surface area contributed by atoms with Crippen molar-refractivity contribution in [2.45, 2.75) is 26.3 Å². The summed E-state index contributed by atoms with van der Waals surface area (Å²) in [6.07, 6.45) is 2.01. The van der Waals surface area contributed by atoms with Crippen LogP contribution in [-0.2, 0) is 6.54 Å². The van der Waals surface area contributed by atoms with Gasteiger partial charge in [0.15, 0.2) is 11.5 Å². The maximum absolute atomic E-state index is 11.6. The van der Waals surface area contributed by atoms with E-state index in [-0.39, 0.29) is 6.03 Å². The number of ether oxygens (including phenoxy) is 3. The number of nitrogens with one attached hydrogen (secondary N) is 2. The smallest absolute Gasteiger partial charge is 0.315 e. The summed E-state index contributed by atoms with van der Waals surface area (Å²) in [5.74, 6) is 1.83. The van der Waals surface area contributed by atoms with Crippen molar-refractivity contribution < 1.29 is 19.0 Å². The van der Waals surface area contributed by atoms with Crippen LogP contribution in [-0.4, -0.2) is 33.9 Å². The molecule has 0 radical (unpaired) electrons. The van der Waals surface area contributed by atoms with Gasteiger partial charge < -0.3 is 24.8 Å². The molecular formula is C15H24N2O4. The summed E-state index contributed by atoms with van der Waals surface area (Å²) in [5, 5.41) is 5.59. The molecule has 0 aromatic heterocycles. The number of rotatable bonds is 8. The van der Waals surface area contributed by atoms with Crippen LogP contribution >= 0.6 is 0 Å². The van der Waals surface area contributed by atoms with Crippen LogP contribution in [0.15, 0.2) is 12.1 Å². The topological polar surface area (TPSA) is 68.8 Å². The standard InChI is InChI=1S/C15H24N2O4/c1-5-6-7-16-15(18)17-10-11-8-13(20-3)14(21-4)9-12(11)19-2/h8-9H,5-7,10H2,1-4H3,(H2,16,17,18). The zero-order valence-corrected chi connectivity index (χ0v) is 13.1. The zero-order chi connectivity index (χ0) is 15.7. The van der Waals surface area contributed by atoms with E-state index >= 15 is 0 Å². The minimum Gasteiger partial charge on any atom is -0.496 e. The second-order valence-corrected chi connectivity index (χ2v) is 4.48. The van der Waals surface area contributed by atoms with Crippen molar-refractivity contribution in [2.75, 3.05) is 27.9 Å². The highest BCUT2D eigenvalue weighted by Gasteiger charge is 2.12. The van der Waals surface area contributed by atoms with Gasteiger partial charge in [0, 0.05) is 24.7 Å². The van der Waals surface area contributed by atoms with Gasteiger partial charge in [0.25, 0.3) is 0 Å². The molecule has 0 heterocycles. The third-order valence-corrected chi connectivity index (χ3v) is 3.04. The summed E-state index contributed by atoms with van der Waals surface area (Å²) in [6.45, 7) is 3.10. The van der Waals surface area contributed by atoms with E-state index in [0.29, 0.717) is 30.3 Å². The van der Waals surface area contributed by atoms with E-state index in [1.165, 1.54) is 0 Å². The molecule has 6 nitrogen and oxygen atoms in total. The lowest BCUT2D eigenvalue weighted by molar-refractivity contribution is 0.240. The van der Waals surface area contributed by atoms with Gasteiger partial charge in [0.05, 0.1) is 21.3 Å². The Morgan fingerprint density at radius 3 is 2.19 bits per heavy atom. The van der Waals surface area contributed by atoms with E-state index in [9.17, 15) is 4.79 Å². The van der Waals surface area contributed by atoms with Crippen molar-refractivity contribution in [2.24, 2.45) is 0 Å². The van der Waals surface area contributed by atoms with Crippen LogP contribution in [0.1, 0.15) is 25.3 Å². The number of methoxy groups -OCH3 is 3. The van der Waals surface area contributed by atoms with E-state index in [2.05, 4.69) is 17.6 Å². The number of amides is 2. The van der Waals surface area contributed by atoms with E-state index in [0.717, 1.165) is 18.4 Å². The molecule has 6 heteroatoms. The van der Waals surface area contributed by atoms with Crippen molar-refractivity contribution in [3.63, 3.8) is 0 Å². The highest BCUT2D eigenvalue weighted by molar-refractivity contribution is 5.73. The molecule has 21 heavy (non-hydrogen) atoms. The number of hydrogen-bond donors (Lipinski definition) is 2. The molecule has 1 aromatic rings. The highest BCUT2D eigenvalue weighted by atomic mass is 16.5. The summed E-state index contributed by atoms with van der Waals surface area (Å²) in [5.41, 5.74) is 0.820. The third kappa shape index (κ3) is 5.06. The van der Waals surface area contributed by atoms with E-state index in [4.69, 9.17) is 14.2 Å². The van der Waals surface area contributed by atoms with Gasteiger partial charge >= 0.3 is 6.03 Å². The molecule has 2 amide bonds. The summed E-state index contributed by atoms with van der Waals surface area (Å²) in [7, 11) is 4.71. The Morgan fingerprint density at radius 2 is 1.62 bits per heavy atom. The van der Waals surface area contributed by atoms with Gasteiger partial charge in [-0.1, -0.05) is 13.3 Å². The van der Waals surface area contributed by atoms with Crippen LogP contribution in [0.2, 0.25) is 0 Å². The average molecular weight is 296 g/mol. The lowest BCUT2D eigenvalue weighted by atomic mass is 10.1. The molecule has 0 spiro atoms. The third-order valence-electron chi connectivity index (χ3n) is 3.04. The Labute approximate surface area is 125 Å². The van der Waals surface area contributed by atoms with E-state index in [1.807, 2.05) is 0 Å². The fourth-order valence-corrected chi connectivity index (χ4v) is 1.85. The molecule has 0 fully saturated rings. The predicted octanol–water partition coefficient (Wildman–Crippen LogP) is 2.31. The quantitative estimate of drug-likeness (QED) is 0.722. The molecule has 0 aliphatic carbocycles. The van der Waals surface area contributed by atoms with Gasteiger partial charge in [-0.05, 0) is 12.5 Å². The number of urea groups is 1. The van der Waals surface area contributed by atoms with Crippen molar-refractivity contribution in [3.8, 4) is 17.2 Å². The first kappa shape index (κ1) is 16.9. The molecule has 0 unspecified atom stereocenters. The number of benzene rings is 1. The summed E-state index contributed by atoms with van der Waals surface area (Å²) in [4.78, 5) is 11.6. The van der Waals surface area contributed by atoms with Crippen LogP contribution in [0.25, 0.3) is 0 Å². The average Bonchev–Trinajstić information content (AvgIpc) is 2.52. The minimum absolute atomic E-state index is 0.194. The first-order valence-electron chi connectivity index (χ1n) is 6.96. The van der Waals surface area contributed by atoms with Crippen molar-refractivity contribution in [1.82, 2.24) is 10.6 Å². The van der Waals surface area contributed by atoms with Gasteiger partial charge in [-0.2, -0.15) is 0 Å². The molecule has 0 aliphatic heterocycles. The lowest BCUT2D eigenvalue weighted by Crippen LogP contribution is -2.35. The van der Waals surface area contributed by atoms with Gasteiger partial charge in [0.2, 0.25) is 0 Å². The Balaban J connectivity index is 2.71. The van der Waals surface area contributed by atoms with E-state index in [1.54, 1.807) is 33.5 Å². The van der Waals surface area contributed by atoms with Crippen molar-refractivity contribution >= 4 is 6.03 Å². The molecule has 1 rings (SSSR count). The highest BCUT2D eigenvalue weighted by Crippen LogP contribution is 2.34. The van der Waals surface area contributed by atoms with Crippen LogP contribution in [0.3, 0.4) is 0 Å². The van der Waals surface area contributed by atoms with Gasteiger partial charge in [-0.3, -0.25) is 0 Å². The fourth-order valence-electron chi connectivity index (χ4n) is 1.85. The molecule has 2 N–H and O–H groups in total. The molecular weight excluding hydrogens is 272 g/mol. The van der Waals surface area contributed by atoms with Crippen LogP contribution in [0.5, 0.6) is 17.2 Å². The van der Waals surface area contributed by atoms with E-state index < -0.39 is 0 Å². The molecule has 0 saturated heterocycles. The number of unbranched alkanes of at least 4 members (excludes halogenated alkanes) is 1. The van der Waals surface area contributed by atoms with Crippen molar-refractivity contribution in [3.05, 3.63) is 17.7 Å². The second-order valence-electron chi connectivity index (χ2n) is 4.48. The van der Waals surface area contributed by atoms with Gasteiger partial charge in [-0.15, -0.1) is 0 Å². The number of carbonyl (C=O) groups is 1. The zero-order valence-electron chi connectivity index (χ0n) is 13.1. The Kier molecular flexibility index (Phi) is 7.21. The SMILES string of the molecule is CCCCNC(=O)NCc1cc(OC)c(OC)cc1OC. The summed E-state index contributed by atoms with van der Waals surface area (Å²) < 4.78 is 15.8. The molecule has 0 aliphatic rings. The maximum atomic E-state index is 11.6. The number of hydrogen-bond acceptors (Lipinski definition) is 4. The second kappa shape index (κ2) is 8.94. The van der Waals surface area contributed by atoms with Crippen molar-refractivity contribution in [1.29, 1.82) is 0 Å². The monoisotopic (exact) mass is 296 g/mol. The summed E-state index contributed by atoms with van der Waals surface area (Å²) in [6, 6.07) is 3.34. The van der Waals surface area contributed by atoms with Gasteiger partial charge in [-0.25, -0.2) is 4.79 Å². The molecule has 118 valence electrons. The van der Waals surface area contributed by atoms with Crippen LogP contribution in [0, 0.1) is 0 Å². The molecule has 0 atom stereocenters. The largest absolute Gasteiger partial charge is 0.496 e. The first-order valence-corrected chi connectivity index (χ1v) is 6.96. The molecule has 0 saturated carbocycles. The first-order chi connectivity index (χ1) is 10.2. The summed E-state index contributed by atoms with van der Waals surface area (Å²) >= 11 is 0. The Bertz CT molecular complexity index is 463. The Hall–Kier alpha value is -2.11. The normalized spacial score (nSPS) is 9.90. The molecule has 0 bridgehead atoms. The number of carbonyl (C=O) groups excluding carboxylic acids is 1. The molecule has 1 aromatic carbocycles. The van der Waals surface area contributed by atoms with Crippen LogP contribution in [0.4, 0.5) is 4.79 Å². The Morgan fingerprint density at radius 1 is 1.00 bits per heavy atom. The lowest BCUT2D eigenvalue weighted by Gasteiger charge is -2.14. The minimum atomic E-state index is -0.194. The van der Waals surface area contributed by atoms with Crippen LogP contribution < -0.4 is 24.8 Å².